The van der Waals surface area contributed by atoms with E-state index in [4.69, 9.17) is 4.42 Å². The van der Waals surface area contributed by atoms with Crippen molar-refractivity contribution in [2.75, 3.05) is 4.90 Å². The molecule has 0 fully saturated rings. The molecular weight excluding hydrogens is 651 g/mol. The summed E-state index contributed by atoms with van der Waals surface area (Å²) in [6, 6.07) is 59.7. The molecule has 0 unspecified atom stereocenters. The van der Waals surface area contributed by atoms with Crippen molar-refractivity contribution in [2.45, 2.75) is 19.3 Å². The first-order chi connectivity index (χ1) is 25.5. The quantitative estimate of drug-likeness (QED) is 0.184. The maximum absolute atomic E-state index is 6.83. The van der Waals surface area contributed by atoms with Crippen LogP contribution in [0.1, 0.15) is 25.0 Å². The fourth-order valence-electron chi connectivity index (χ4n) is 8.85. The first-order valence-electron chi connectivity index (χ1n) is 17.9. The van der Waals surface area contributed by atoms with Gasteiger partial charge in [-0.2, -0.15) is 0 Å². The zero-order valence-corrected chi connectivity index (χ0v) is 29.7. The molecule has 0 atom stereocenters. The maximum Gasteiger partial charge on any atom is 0.144 e. The van der Waals surface area contributed by atoms with E-state index in [-0.39, 0.29) is 5.41 Å². The average Bonchev–Trinajstić information content (AvgIpc) is 3.83. The van der Waals surface area contributed by atoms with Gasteiger partial charge >= 0.3 is 0 Å². The number of anilines is 3. The summed E-state index contributed by atoms with van der Waals surface area (Å²) in [5.41, 5.74) is 13.2. The summed E-state index contributed by atoms with van der Waals surface area (Å²) in [5, 5.41) is 7.06. The van der Waals surface area contributed by atoms with Crippen LogP contribution in [0.15, 0.2) is 168 Å². The molecule has 0 N–H and O–H groups in total. The lowest BCUT2D eigenvalue weighted by atomic mass is 9.79. The highest BCUT2D eigenvalue weighted by Gasteiger charge is 2.37. The summed E-state index contributed by atoms with van der Waals surface area (Å²) >= 11 is 1.83. The monoisotopic (exact) mass is 683 g/mol. The van der Waals surface area contributed by atoms with Crippen molar-refractivity contribution in [1.29, 1.82) is 0 Å². The van der Waals surface area contributed by atoms with Crippen molar-refractivity contribution in [3.63, 3.8) is 0 Å². The van der Waals surface area contributed by atoms with Gasteiger partial charge in [0.2, 0.25) is 0 Å². The van der Waals surface area contributed by atoms with Crippen LogP contribution in [0, 0.1) is 0 Å². The second-order valence-corrected chi connectivity index (χ2v) is 15.6. The van der Waals surface area contributed by atoms with Gasteiger partial charge in [-0.1, -0.05) is 117 Å². The van der Waals surface area contributed by atoms with Crippen molar-refractivity contribution in [3.8, 4) is 22.3 Å². The molecule has 0 saturated heterocycles. The van der Waals surface area contributed by atoms with E-state index in [0.717, 1.165) is 44.4 Å². The van der Waals surface area contributed by atoms with E-state index in [1.165, 1.54) is 58.9 Å². The number of hydrogen-bond acceptors (Lipinski definition) is 3. The van der Waals surface area contributed by atoms with Gasteiger partial charge < -0.3 is 9.32 Å². The number of benzene rings is 8. The Labute approximate surface area is 305 Å². The van der Waals surface area contributed by atoms with E-state index in [1.54, 1.807) is 0 Å². The first kappa shape index (κ1) is 29.6. The summed E-state index contributed by atoms with van der Waals surface area (Å²) in [6.07, 6.45) is 0. The Morgan fingerprint density at radius 2 is 1.15 bits per heavy atom. The Morgan fingerprint density at radius 1 is 0.481 bits per heavy atom. The first-order valence-corrected chi connectivity index (χ1v) is 18.7. The van der Waals surface area contributed by atoms with Crippen LogP contribution < -0.4 is 4.90 Å². The highest BCUT2D eigenvalue weighted by atomic mass is 32.1. The molecule has 2 heterocycles. The van der Waals surface area contributed by atoms with Crippen LogP contribution in [0.25, 0.3) is 75.1 Å². The maximum atomic E-state index is 6.83. The van der Waals surface area contributed by atoms with Gasteiger partial charge in [-0.15, -0.1) is 11.3 Å². The van der Waals surface area contributed by atoms with Crippen molar-refractivity contribution < 1.29 is 4.42 Å². The minimum absolute atomic E-state index is 0.0751. The predicted octanol–water partition coefficient (Wildman–Crippen LogP) is 14.6. The van der Waals surface area contributed by atoms with E-state index in [1.807, 2.05) is 11.3 Å². The second kappa shape index (κ2) is 10.9. The molecule has 1 aliphatic rings. The highest BCUT2D eigenvalue weighted by molar-refractivity contribution is 7.26. The topological polar surface area (TPSA) is 16.4 Å². The number of thiophene rings is 1. The molecule has 1 aliphatic carbocycles. The number of hydrogen-bond donors (Lipinski definition) is 0. The number of para-hydroxylation sites is 1. The molecule has 2 nitrogen and oxygen atoms in total. The Bertz CT molecular complexity index is 3040. The van der Waals surface area contributed by atoms with E-state index in [9.17, 15) is 0 Å². The molecule has 0 bridgehead atoms. The highest BCUT2D eigenvalue weighted by Crippen LogP contribution is 2.52. The third-order valence-corrected chi connectivity index (χ3v) is 12.4. The number of fused-ring (bicyclic) bond motifs is 12. The second-order valence-electron chi connectivity index (χ2n) is 14.5. The zero-order valence-electron chi connectivity index (χ0n) is 28.9. The summed E-state index contributed by atoms with van der Waals surface area (Å²) in [4.78, 5) is 2.37. The van der Waals surface area contributed by atoms with Crippen molar-refractivity contribution >= 4 is 81.3 Å². The summed E-state index contributed by atoms with van der Waals surface area (Å²) < 4.78 is 9.32. The molecule has 0 amide bonds. The van der Waals surface area contributed by atoms with Crippen molar-refractivity contribution in [2.24, 2.45) is 0 Å². The van der Waals surface area contributed by atoms with Crippen LogP contribution >= 0.6 is 11.3 Å². The van der Waals surface area contributed by atoms with Gasteiger partial charge in [0.05, 0.1) is 0 Å². The molecule has 10 aromatic rings. The van der Waals surface area contributed by atoms with Crippen LogP contribution in [0.5, 0.6) is 0 Å². The Hall–Kier alpha value is -6.16. The third-order valence-electron chi connectivity index (χ3n) is 11.2. The minimum Gasteiger partial charge on any atom is -0.455 e. The lowest BCUT2D eigenvalue weighted by Gasteiger charge is -2.27. The standard InChI is InChI=1S/C49H33NOS/c1-49(2)42-18-9-8-15-37(42)38-17-10-16-35(46(38)49)31-19-22-33(23-20-31)50(32-12-4-3-5-13-32)34-24-27-43-41(29-34)45-44(52-43)28-26-40-39-25-21-30-11-6-7-14-36(30)47(39)51-48(40)45/h3-29H,1-2H3. The molecule has 8 aromatic carbocycles. The van der Waals surface area contributed by atoms with E-state index < -0.39 is 0 Å². The molecule has 2 aromatic heterocycles. The number of rotatable bonds is 4. The van der Waals surface area contributed by atoms with Crippen LogP contribution in [-0.2, 0) is 5.41 Å². The molecule has 246 valence electrons. The molecule has 0 spiro atoms. The SMILES string of the molecule is CC1(C)c2ccccc2-c2cccc(-c3ccc(N(c4ccccc4)c4ccc5sc6ccc7c8ccc9ccccc9c8oc7c6c5c4)cc3)c21. The van der Waals surface area contributed by atoms with Gasteiger partial charge in [-0.05, 0) is 99.4 Å². The fraction of sp³-hybridized carbons (Fsp3) is 0.0612. The predicted molar refractivity (Wildman–Crippen MR) is 222 cm³/mol. The van der Waals surface area contributed by atoms with Crippen LogP contribution in [0.3, 0.4) is 0 Å². The molecule has 0 radical (unpaired) electrons. The molecule has 52 heavy (non-hydrogen) atoms. The van der Waals surface area contributed by atoms with Crippen LogP contribution in [0.4, 0.5) is 17.1 Å². The van der Waals surface area contributed by atoms with Crippen molar-refractivity contribution in [3.05, 3.63) is 175 Å². The lowest BCUT2D eigenvalue weighted by molar-refractivity contribution is 0.662. The van der Waals surface area contributed by atoms with E-state index in [0.29, 0.717) is 0 Å². The minimum atomic E-state index is -0.0751. The fourth-order valence-corrected chi connectivity index (χ4v) is 9.94. The molecule has 3 heteroatoms. The third kappa shape index (κ3) is 4.17. The Morgan fingerprint density at radius 3 is 2.04 bits per heavy atom. The van der Waals surface area contributed by atoms with Crippen LogP contribution in [0.2, 0.25) is 0 Å². The zero-order chi connectivity index (χ0) is 34.6. The number of furan rings is 1. The van der Waals surface area contributed by atoms with Gasteiger partial charge in [0.25, 0.3) is 0 Å². The number of nitrogens with zero attached hydrogens (tertiary/aromatic N) is 1. The Kier molecular flexibility index (Phi) is 6.21. The lowest BCUT2D eigenvalue weighted by Crippen LogP contribution is -2.16. The van der Waals surface area contributed by atoms with E-state index >= 15 is 0 Å². The van der Waals surface area contributed by atoms with Gasteiger partial charge in [0.1, 0.15) is 11.2 Å². The molecule has 0 aliphatic heterocycles. The normalized spacial score (nSPS) is 13.3. The molecular formula is C49H33NOS. The van der Waals surface area contributed by atoms with Crippen molar-refractivity contribution in [1.82, 2.24) is 0 Å². The Balaban J connectivity index is 1.07. The van der Waals surface area contributed by atoms with E-state index in [2.05, 4.69) is 183 Å². The molecule has 0 saturated carbocycles. The smallest absolute Gasteiger partial charge is 0.144 e. The summed E-state index contributed by atoms with van der Waals surface area (Å²) in [5.74, 6) is 0. The van der Waals surface area contributed by atoms with Crippen LogP contribution in [-0.4, -0.2) is 0 Å². The average molecular weight is 684 g/mol. The van der Waals surface area contributed by atoms with Gasteiger partial charge in [0, 0.05) is 58.8 Å². The van der Waals surface area contributed by atoms with Gasteiger partial charge in [-0.25, -0.2) is 0 Å². The molecule has 11 rings (SSSR count). The summed E-state index contributed by atoms with van der Waals surface area (Å²) in [6.45, 7) is 4.72. The largest absolute Gasteiger partial charge is 0.455 e. The summed E-state index contributed by atoms with van der Waals surface area (Å²) in [7, 11) is 0. The van der Waals surface area contributed by atoms with Gasteiger partial charge in [-0.3, -0.25) is 0 Å². The van der Waals surface area contributed by atoms with Gasteiger partial charge in [0.15, 0.2) is 0 Å².